The Bertz CT molecular complexity index is 2980. The Kier molecular flexibility index (Phi) is 13.4. The van der Waals surface area contributed by atoms with Gasteiger partial charge < -0.3 is 40.2 Å². The first-order valence-electron chi connectivity index (χ1n) is 18.8. The van der Waals surface area contributed by atoms with E-state index in [4.69, 9.17) is 30.5 Å². The lowest BCUT2D eigenvalue weighted by Gasteiger charge is -2.13. The average Bonchev–Trinajstić information content (AvgIpc) is 3.26. The molecule has 4 amide bonds. The highest BCUT2D eigenvalue weighted by Gasteiger charge is 2.33. The van der Waals surface area contributed by atoms with Gasteiger partial charge in [0.2, 0.25) is 11.8 Å². The lowest BCUT2D eigenvalue weighted by atomic mass is 10.2. The highest BCUT2D eigenvalue weighted by molar-refractivity contribution is 6.31. The van der Waals surface area contributed by atoms with Crippen LogP contribution < -0.4 is 40.2 Å². The minimum atomic E-state index is -4.64. The van der Waals surface area contributed by atoms with Crippen LogP contribution in [0.2, 0.25) is 5.02 Å². The normalized spacial score (nSPS) is 10.9. The van der Waals surface area contributed by atoms with Crippen molar-refractivity contribution in [2.24, 2.45) is 0 Å². The van der Waals surface area contributed by atoms with Crippen LogP contribution in [0.15, 0.2) is 140 Å². The molecule has 19 heteroatoms. The fraction of sp³-hybridized carbons (Fsp3) is 0.0667. The highest BCUT2D eigenvalue weighted by Crippen LogP contribution is 2.36. The zero-order valence-corrected chi connectivity index (χ0v) is 34.2. The van der Waals surface area contributed by atoms with E-state index in [0.29, 0.717) is 73.9 Å². The zero-order valence-electron chi connectivity index (χ0n) is 33.4. The molecule has 0 saturated carbocycles. The van der Waals surface area contributed by atoms with Crippen molar-refractivity contribution < 1.29 is 46.1 Å². The van der Waals surface area contributed by atoms with Crippen molar-refractivity contribution in [2.75, 3.05) is 35.5 Å². The number of hydrogen-bond donors (Lipinski definition) is 4. The monoisotopic (exact) mass is 892 g/mol. The number of nitrogens with zero attached hydrogens (tertiary/aromatic N) is 4. The number of halogens is 5. The minimum Gasteiger partial charge on any atom is -0.480 e. The van der Waals surface area contributed by atoms with Crippen LogP contribution in [-0.4, -0.2) is 46.2 Å². The zero-order chi connectivity index (χ0) is 45.2. The number of ether oxygens (including phenoxy) is 4. The maximum absolute atomic E-state index is 13.2. The van der Waals surface area contributed by atoms with E-state index in [0.717, 1.165) is 12.1 Å². The first kappa shape index (κ1) is 43.8. The van der Waals surface area contributed by atoms with Gasteiger partial charge in [-0.1, -0.05) is 29.8 Å². The van der Waals surface area contributed by atoms with E-state index < -0.39 is 34.6 Å². The predicted molar refractivity (Wildman–Crippen MR) is 233 cm³/mol. The molecule has 8 aromatic rings. The van der Waals surface area contributed by atoms with Crippen LogP contribution in [0.4, 0.5) is 49.9 Å². The number of carbonyl (C=O) groups is 2. The Labute approximate surface area is 366 Å². The molecule has 2 aromatic heterocycles. The summed E-state index contributed by atoms with van der Waals surface area (Å²) in [5, 5.41) is 9.71. The molecule has 14 nitrogen and oxygen atoms in total. The van der Waals surface area contributed by atoms with Gasteiger partial charge in [0.25, 0.3) is 0 Å². The SMILES string of the molecule is COc1cnc2ccc(Oc3cccc(NC(=O)Nc4ccc(Cl)c(C(F)(F)F)c4)c3)cc2n1.COc1cnc2ccc(Oc3cccc(NC(=O)Nc4cccc(F)c4)c3)cc2n1. The fourth-order valence-corrected chi connectivity index (χ4v) is 6.02. The second kappa shape index (κ2) is 19.6. The first-order valence-corrected chi connectivity index (χ1v) is 19.1. The van der Waals surface area contributed by atoms with E-state index in [9.17, 15) is 27.2 Å². The number of amides is 4. The smallest absolute Gasteiger partial charge is 0.417 e. The van der Waals surface area contributed by atoms with Crippen molar-refractivity contribution in [3.8, 4) is 34.8 Å². The van der Waals surface area contributed by atoms with E-state index in [-0.39, 0.29) is 5.69 Å². The molecule has 0 saturated heterocycles. The molecule has 2 heterocycles. The number of methoxy groups -OCH3 is 2. The molecule has 8 rings (SSSR count). The highest BCUT2D eigenvalue weighted by atomic mass is 35.5. The number of benzene rings is 6. The van der Waals surface area contributed by atoms with E-state index in [1.807, 2.05) is 0 Å². The number of hydrogen-bond acceptors (Lipinski definition) is 10. The molecule has 64 heavy (non-hydrogen) atoms. The van der Waals surface area contributed by atoms with Gasteiger partial charge in [-0.2, -0.15) is 13.2 Å². The van der Waals surface area contributed by atoms with Gasteiger partial charge in [0.15, 0.2) is 0 Å². The van der Waals surface area contributed by atoms with Gasteiger partial charge in [0, 0.05) is 47.0 Å². The molecule has 0 aliphatic carbocycles. The summed E-state index contributed by atoms with van der Waals surface area (Å²) in [7, 11) is 3.02. The van der Waals surface area contributed by atoms with E-state index in [2.05, 4.69) is 41.2 Å². The number of nitrogens with one attached hydrogen (secondary N) is 4. The molecule has 0 fully saturated rings. The fourth-order valence-electron chi connectivity index (χ4n) is 5.79. The Morgan fingerprint density at radius 2 is 0.969 bits per heavy atom. The van der Waals surface area contributed by atoms with Gasteiger partial charge in [-0.05, 0) is 84.9 Å². The van der Waals surface area contributed by atoms with Crippen LogP contribution in [-0.2, 0) is 6.18 Å². The Morgan fingerprint density at radius 3 is 1.42 bits per heavy atom. The molecule has 4 N–H and O–H groups in total. The van der Waals surface area contributed by atoms with Crippen LogP contribution in [0.5, 0.6) is 34.8 Å². The number of alkyl halides is 3. The van der Waals surface area contributed by atoms with Gasteiger partial charge in [0.1, 0.15) is 28.8 Å². The van der Waals surface area contributed by atoms with Crippen molar-refractivity contribution in [2.45, 2.75) is 6.18 Å². The van der Waals surface area contributed by atoms with Crippen molar-refractivity contribution in [1.29, 1.82) is 0 Å². The Morgan fingerprint density at radius 1 is 0.531 bits per heavy atom. The quantitative estimate of drug-likeness (QED) is 0.0969. The third-order valence-electron chi connectivity index (χ3n) is 8.67. The minimum absolute atomic E-state index is 0.0608. The molecule has 324 valence electrons. The molecule has 0 radical (unpaired) electrons. The van der Waals surface area contributed by atoms with Crippen molar-refractivity contribution in [1.82, 2.24) is 19.9 Å². The number of aromatic nitrogens is 4. The van der Waals surface area contributed by atoms with Crippen LogP contribution >= 0.6 is 11.6 Å². The maximum Gasteiger partial charge on any atom is 0.417 e. The van der Waals surface area contributed by atoms with Gasteiger partial charge in [-0.25, -0.2) is 33.9 Å². The van der Waals surface area contributed by atoms with Crippen LogP contribution in [0.25, 0.3) is 22.1 Å². The van der Waals surface area contributed by atoms with Crippen LogP contribution in [0.1, 0.15) is 5.56 Å². The Balaban J connectivity index is 0.000000193. The third kappa shape index (κ3) is 11.8. The molecule has 0 atom stereocenters. The summed E-state index contributed by atoms with van der Waals surface area (Å²) in [5.41, 5.74) is 2.72. The molecule has 6 aromatic carbocycles. The first-order chi connectivity index (χ1) is 30.8. The summed E-state index contributed by atoms with van der Waals surface area (Å²) >= 11 is 5.60. The second-order valence-electron chi connectivity index (χ2n) is 13.2. The van der Waals surface area contributed by atoms with E-state index >= 15 is 0 Å². The Hall–Kier alpha value is -8.25. The average molecular weight is 893 g/mol. The number of urea groups is 2. The molecule has 0 bridgehead atoms. The molecular formula is C45H33ClF4N8O6. The molecule has 0 spiro atoms. The summed E-state index contributed by atoms with van der Waals surface area (Å²) in [5.74, 6) is 2.33. The lowest BCUT2D eigenvalue weighted by Crippen LogP contribution is -2.20. The van der Waals surface area contributed by atoms with E-state index in [1.54, 1.807) is 97.2 Å². The summed E-state index contributed by atoms with van der Waals surface area (Å²) in [6.45, 7) is 0. The van der Waals surface area contributed by atoms with Crippen LogP contribution in [0.3, 0.4) is 0 Å². The summed E-state index contributed by atoms with van der Waals surface area (Å²) < 4.78 is 74.2. The summed E-state index contributed by atoms with van der Waals surface area (Å²) in [6.07, 6.45) is -1.58. The van der Waals surface area contributed by atoms with Crippen molar-refractivity contribution >= 4 is 68.5 Å². The largest absolute Gasteiger partial charge is 0.480 e. The van der Waals surface area contributed by atoms with Gasteiger partial charge in [0.05, 0.1) is 59.3 Å². The summed E-state index contributed by atoms with van der Waals surface area (Å²) in [4.78, 5) is 41.6. The molecule has 0 unspecified atom stereocenters. The number of fused-ring (bicyclic) bond motifs is 2. The second-order valence-corrected chi connectivity index (χ2v) is 13.7. The number of rotatable bonds is 10. The van der Waals surface area contributed by atoms with Gasteiger partial charge in [-0.3, -0.25) is 0 Å². The number of anilines is 4. The maximum atomic E-state index is 13.2. The van der Waals surface area contributed by atoms with Crippen molar-refractivity contribution in [3.05, 3.63) is 156 Å². The molecule has 0 aliphatic rings. The third-order valence-corrected chi connectivity index (χ3v) is 9.00. The predicted octanol–water partition coefficient (Wildman–Crippen LogP) is 12.0. The molecule has 0 aliphatic heterocycles. The topological polar surface area (TPSA) is 171 Å². The van der Waals surface area contributed by atoms with Crippen molar-refractivity contribution in [3.63, 3.8) is 0 Å². The standard InChI is InChI=1S/C23H16ClF3N4O3.C22H17FN4O3/c1-33-21-12-28-19-8-6-16(11-20(19)31-21)34-15-4-2-3-13(9-15)29-22(32)30-14-5-7-18(24)17(10-14)23(25,26)27;1-29-21-13-24-19-9-8-18(12-20(19)27-21)30-17-7-3-6-16(11-17)26-22(28)25-15-5-2-4-14(23)10-15/h2-12H,1H3,(H2,29,30,32);2-13H,1H3,(H2,25,26,28). The van der Waals surface area contributed by atoms with Gasteiger partial charge in [-0.15, -0.1) is 0 Å². The lowest BCUT2D eigenvalue weighted by molar-refractivity contribution is -0.137. The molecular weight excluding hydrogens is 860 g/mol. The van der Waals surface area contributed by atoms with Crippen LogP contribution in [0, 0.1) is 5.82 Å². The van der Waals surface area contributed by atoms with Gasteiger partial charge >= 0.3 is 18.2 Å². The summed E-state index contributed by atoms with van der Waals surface area (Å²) in [6, 6.07) is 31.4. The number of carbonyl (C=O) groups excluding carboxylic acids is 2. The van der Waals surface area contributed by atoms with E-state index in [1.165, 1.54) is 44.7 Å².